The molecule has 1 aliphatic heterocycles. The van der Waals surface area contributed by atoms with Crippen LogP contribution in [0.4, 0.5) is 0 Å². The first-order valence-corrected chi connectivity index (χ1v) is 6.11. The fourth-order valence-corrected chi connectivity index (χ4v) is 2.20. The van der Waals surface area contributed by atoms with Crippen LogP contribution in [0.15, 0.2) is 0 Å². The van der Waals surface area contributed by atoms with Gasteiger partial charge in [-0.15, -0.1) is 0 Å². The normalized spacial score (nSPS) is 25.9. The van der Waals surface area contributed by atoms with E-state index < -0.39 is 0 Å². The van der Waals surface area contributed by atoms with Gasteiger partial charge >= 0.3 is 0 Å². The van der Waals surface area contributed by atoms with Crippen LogP contribution >= 0.6 is 0 Å². The van der Waals surface area contributed by atoms with E-state index in [1.54, 1.807) is 0 Å². The van der Waals surface area contributed by atoms with Crippen molar-refractivity contribution in [2.45, 2.75) is 52.6 Å². The molecular weight excluding hydrogens is 172 g/mol. The first-order valence-electron chi connectivity index (χ1n) is 6.11. The van der Waals surface area contributed by atoms with Gasteiger partial charge < -0.3 is 5.32 Å². The van der Waals surface area contributed by atoms with E-state index in [9.17, 15) is 0 Å². The second-order valence-corrected chi connectivity index (χ2v) is 5.01. The van der Waals surface area contributed by atoms with E-state index >= 15 is 0 Å². The summed E-state index contributed by atoms with van der Waals surface area (Å²) in [5.74, 6) is 0.906. The van der Waals surface area contributed by atoms with Crippen LogP contribution in [0.25, 0.3) is 0 Å². The molecule has 0 aliphatic carbocycles. The third kappa shape index (κ3) is 3.58. The molecule has 0 saturated carbocycles. The van der Waals surface area contributed by atoms with Crippen LogP contribution in [0.2, 0.25) is 0 Å². The molecule has 0 amide bonds. The molecular formula is C12H26N2. The molecule has 0 aromatic heterocycles. The van der Waals surface area contributed by atoms with Gasteiger partial charge in [0, 0.05) is 25.2 Å². The summed E-state index contributed by atoms with van der Waals surface area (Å²) in [6.45, 7) is 12.9. The zero-order valence-electron chi connectivity index (χ0n) is 10.2. The molecule has 2 heteroatoms. The summed E-state index contributed by atoms with van der Waals surface area (Å²) < 4.78 is 0. The zero-order chi connectivity index (χ0) is 10.6. The van der Waals surface area contributed by atoms with Crippen molar-refractivity contribution in [3.63, 3.8) is 0 Å². The molecule has 0 aromatic carbocycles. The standard InChI is InChI=1S/C12H26N2/c1-5-12(8-13-10(2)3)14-7-6-11(4)9-14/h10-13H,5-9H2,1-4H3. The number of rotatable bonds is 5. The minimum atomic E-state index is 0.615. The quantitative estimate of drug-likeness (QED) is 0.728. The zero-order valence-corrected chi connectivity index (χ0v) is 10.2. The fraction of sp³-hybridized carbons (Fsp3) is 1.00. The fourth-order valence-electron chi connectivity index (χ4n) is 2.20. The number of nitrogens with zero attached hydrogens (tertiary/aromatic N) is 1. The van der Waals surface area contributed by atoms with E-state index in [0.717, 1.165) is 18.5 Å². The molecule has 0 spiro atoms. The van der Waals surface area contributed by atoms with Crippen molar-refractivity contribution < 1.29 is 0 Å². The van der Waals surface area contributed by atoms with Crippen molar-refractivity contribution in [2.75, 3.05) is 19.6 Å². The van der Waals surface area contributed by atoms with Gasteiger partial charge in [-0.2, -0.15) is 0 Å². The Labute approximate surface area is 89.1 Å². The summed E-state index contributed by atoms with van der Waals surface area (Å²) in [6.07, 6.45) is 2.66. The van der Waals surface area contributed by atoms with E-state index in [2.05, 4.69) is 37.9 Å². The van der Waals surface area contributed by atoms with Crippen molar-refractivity contribution >= 4 is 0 Å². The molecule has 1 rings (SSSR count). The van der Waals surface area contributed by atoms with Crippen LogP contribution in [-0.4, -0.2) is 36.6 Å². The Hall–Kier alpha value is -0.0800. The van der Waals surface area contributed by atoms with Crippen LogP contribution < -0.4 is 5.32 Å². The van der Waals surface area contributed by atoms with Crippen LogP contribution in [0.1, 0.15) is 40.5 Å². The van der Waals surface area contributed by atoms with Gasteiger partial charge in [0.25, 0.3) is 0 Å². The lowest BCUT2D eigenvalue weighted by molar-refractivity contribution is 0.220. The maximum absolute atomic E-state index is 3.55. The highest BCUT2D eigenvalue weighted by Crippen LogP contribution is 2.18. The van der Waals surface area contributed by atoms with Gasteiger partial charge in [-0.1, -0.05) is 27.7 Å². The Morgan fingerprint density at radius 3 is 2.57 bits per heavy atom. The molecule has 1 N–H and O–H groups in total. The lowest BCUT2D eigenvalue weighted by atomic mass is 10.1. The van der Waals surface area contributed by atoms with Gasteiger partial charge in [0.05, 0.1) is 0 Å². The lowest BCUT2D eigenvalue weighted by Gasteiger charge is -2.27. The molecule has 0 bridgehead atoms. The average molecular weight is 198 g/mol. The average Bonchev–Trinajstić information content (AvgIpc) is 2.53. The predicted molar refractivity (Wildman–Crippen MR) is 62.6 cm³/mol. The van der Waals surface area contributed by atoms with Crippen molar-refractivity contribution in [3.05, 3.63) is 0 Å². The predicted octanol–water partition coefficient (Wildman–Crippen LogP) is 2.10. The maximum atomic E-state index is 3.55. The summed E-state index contributed by atoms with van der Waals surface area (Å²) in [7, 11) is 0. The molecule has 2 unspecified atom stereocenters. The Morgan fingerprint density at radius 2 is 2.14 bits per heavy atom. The van der Waals surface area contributed by atoms with Gasteiger partial charge in [-0.05, 0) is 25.3 Å². The highest BCUT2D eigenvalue weighted by atomic mass is 15.2. The first-order chi connectivity index (χ1) is 6.63. The van der Waals surface area contributed by atoms with Crippen molar-refractivity contribution in [3.8, 4) is 0 Å². The number of likely N-dealkylation sites (tertiary alicyclic amines) is 1. The third-order valence-electron chi connectivity index (χ3n) is 3.20. The molecule has 84 valence electrons. The van der Waals surface area contributed by atoms with Gasteiger partial charge in [0.2, 0.25) is 0 Å². The van der Waals surface area contributed by atoms with Crippen LogP contribution in [0.5, 0.6) is 0 Å². The van der Waals surface area contributed by atoms with Crippen LogP contribution in [0.3, 0.4) is 0 Å². The summed E-state index contributed by atoms with van der Waals surface area (Å²) in [5, 5.41) is 3.55. The lowest BCUT2D eigenvalue weighted by Crippen LogP contribution is -2.42. The molecule has 14 heavy (non-hydrogen) atoms. The van der Waals surface area contributed by atoms with Crippen molar-refractivity contribution in [1.82, 2.24) is 10.2 Å². The van der Waals surface area contributed by atoms with Crippen molar-refractivity contribution in [2.24, 2.45) is 5.92 Å². The molecule has 1 saturated heterocycles. The van der Waals surface area contributed by atoms with Crippen LogP contribution in [-0.2, 0) is 0 Å². The SMILES string of the molecule is CCC(CNC(C)C)N1CCC(C)C1. The monoisotopic (exact) mass is 198 g/mol. The van der Waals surface area contributed by atoms with E-state index in [0.29, 0.717) is 6.04 Å². The smallest absolute Gasteiger partial charge is 0.0218 e. The number of nitrogens with one attached hydrogen (secondary N) is 1. The second kappa shape index (κ2) is 5.72. The molecule has 0 aromatic rings. The molecule has 2 atom stereocenters. The van der Waals surface area contributed by atoms with Gasteiger partial charge in [0.1, 0.15) is 0 Å². The third-order valence-corrected chi connectivity index (χ3v) is 3.20. The Morgan fingerprint density at radius 1 is 1.43 bits per heavy atom. The van der Waals surface area contributed by atoms with E-state index in [1.807, 2.05) is 0 Å². The molecule has 1 fully saturated rings. The summed E-state index contributed by atoms with van der Waals surface area (Å²) in [4.78, 5) is 2.65. The molecule has 2 nitrogen and oxygen atoms in total. The minimum absolute atomic E-state index is 0.615. The number of hydrogen-bond acceptors (Lipinski definition) is 2. The van der Waals surface area contributed by atoms with Gasteiger partial charge in [0.15, 0.2) is 0 Å². The Balaban J connectivity index is 2.30. The maximum Gasteiger partial charge on any atom is 0.0218 e. The topological polar surface area (TPSA) is 15.3 Å². The molecule has 1 heterocycles. The van der Waals surface area contributed by atoms with E-state index in [1.165, 1.54) is 25.9 Å². The molecule has 0 radical (unpaired) electrons. The number of hydrogen-bond donors (Lipinski definition) is 1. The minimum Gasteiger partial charge on any atom is -0.313 e. The second-order valence-electron chi connectivity index (χ2n) is 5.01. The van der Waals surface area contributed by atoms with E-state index in [4.69, 9.17) is 0 Å². The summed E-state index contributed by atoms with van der Waals surface area (Å²) >= 11 is 0. The largest absolute Gasteiger partial charge is 0.313 e. The van der Waals surface area contributed by atoms with Gasteiger partial charge in [-0.3, -0.25) is 4.90 Å². The van der Waals surface area contributed by atoms with Crippen LogP contribution in [0, 0.1) is 5.92 Å². The van der Waals surface area contributed by atoms with E-state index in [-0.39, 0.29) is 0 Å². The van der Waals surface area contributed by atoms with Crippen molar-refractivity contribution in [1.29, 1.82) is 0 Å². The summed E-state index contributed by atoms with van der Waals surface area (Å²) in [6, 6.07) is 1.37. The summed E-state index contributed by atoms with van der Waals surface area (Å²) in [5.41, 5.74) is 0. The Bertz CT molecular complexity index is 156. The Kier molecular flexibility index (Phi) is 4.90. The van der Waals surface area contributed by atoms with Gasteiger partial charge in [-0.25, -0.2) is 0 Å². The highest BCUT2D eigenvalue weighted by molar-refractivity contribution is 4.80. The highest BCUT2D eigenvalue weighted by Gasteiger charge is 2.24. The molecule has 1 aliphatic rings. The first kappa shape index (κ1) is 12.0.